The number of nitrogens with one attached hydrogen (secondary N) is 3. The number of likely N-dealkylation sites (tertiary alicyclic amines) is 1. The van der Waals surface area contributed by atoms with E-state index in [4.69, 9.17) is 0 Å². The summed E-state index contributed by atoms with van der Waals surface area (Å²) in [6, 6.07) is 7.15. The molecular formula is C20H28N4O3. The second-order valence-corrected chi connectivity index (χ2v) is 7.68. The van der Waals surface area contributed by atoms with Crippen LogP contribution in [0, 0.1) is 5.41 Å². The summed E-state index contributed by atoms with van der Waals surface area (Å²) in [6.45, 7) is 4.93. The van der Waals surface area contributed by atoms with Crippen molar-refractivity contribution in [3.8, 4) is 0 Å². The summed E-state index contributed by atoms with van der Waals surface area (Å²) in [6.07, 6.45) is 4.22. The van der Waals surface area contributed by atoms with Crippen LogP contribution in [0.4, 0.5) is 11.4 Å². The molecule has 0 aromatic heterocycles. The van der Waals surface area contributed by atoms with Crippen molar-refractivity contribution >= 4 is 29.1 Å². The smallest absolute Gasteiger partial charge is 0.225 e. The molecule has 2 heterocycles. The Bertz CT molecular complexity index is 699. The molecular weight excluding hydrogens is 344 g/mol. The van der Waals surface area contributed by atoms with Crippen molar-refractivity contribution in [2.75, 3.05) is 36.8 Å². The Labute approximate surface area is 159 Å². The SMILES string of the molecule is CC(=O)Nc1cccc(NC(=O)CCN2CCC3(CCC(=O)NC3)CC2)c1. The van der Waals surface area contributed by atoms with Gasteiger partial charge >= 0.3 is 0 Å². The summed E-state index contributed by atoms with van der Waals surface area (Å²) in [5.41, 5.74) is 1.61. The molecule has 1 aromatic rings. The first-order chi connectivity index (χ1) is 12.9. The summed E-state index contributed by atoms with van der Waals surface area (Å²) >= 11 is 0. The fourth-order valence-corrected chi connectivity index (χ4v) is 3.88. The molecule has 1 aromatic carbocycles. The number of carbonyl (C=O) groups is 3. The molecule has 3 rings (SSSR count). The van der Waals surface area contributed by atoms with Gasteiger partial charge in [0.1, 0.15) is 0 Å². The van der Waals surface area contributed by atoms with Crippen molar-refractivity contribution in [1.82, 2.24) is 10.2 Å². The Kier molecular flexibility index (Phi) is 6.11. The van der Waals surface area contributed by atoms with Gasteiger partial charge in [0.15, 0.2) is 0 Å². The number of carbonyl (C=O) groups excluding carboxylic acids is 3. The van der Waals surface area contributed by atoms with Crippen molar-refractivity contribution in [2.24, 2.45) is 5.41 Å². The number of rotatable bonds is 5. The third-order valence-corrected chi connectivity index (χ3v) is 5.58. The first kappa shape index (κ1) is 19.4. The van der Waals surface area contributed by atoms with Crippen LogP contribution in [0.3, 0.4) is 0 Å². The van der Waals surface area contributed by atoms with E-state index in [0.717, 1.165) is 45.4 Å². The minimum absolute atomic E-state index is 0.0276. The lowest BCUT2D eigenvalue weighted by atomic mass is 9.73. The van der Waals surface area contributed by atoms with Gasteiger partial charge in [0.25, 0.3) is 0 Å². The van der Waals surface area contributed by atoms with Gasteiger partial charge in [-0.3, -0.25) is 14.4 Å². The van der Waals surface area contributed by atoms with Crippen LogP contribution in [0.15, 0.2) is 24.3 Å². The molecule has 0 radical (unpaired) electrons. The van der Waals surface area contributed by atoms with Crippen LogP contribution in [0.2, 0.25) is 0 Å². The fourth-order valence-electron chi connectivity index (χ4n) is 3.88. The van der Waals surface area contributed by atoms with Gasteiger partial charge in [-0.2, -0.15) is 0 Å². The first-order valence-corrected chi connectivity index (χ1v) is 9.61. The zero-order chi connectivity index (χ0) is 19.3. The minimum Gasteiger partial charge on any atom is -0.356 e. The maximum Gasteiger partial charge on any atom is 0.225 e. The molecule has 3 N–H and O–H groups in total. The molecule has 0 bridgehead atoms. The normalized spacial score (nSPS) is 19.4. The van der Waals surface area contributed by atoms with E-state index in [9.17, 15) is 14.4 Å². The monoisotopic (exact) mass is 372 g/mol. The third-order valence-electron chi connectivity index (χ3n) is 5.58. The molecule has 2 fully saturated rings. The summed E-state index contributed by atoms with van der Waals surface area (Å²) in [7, 11) is 0. The molecule has 146 valence electrons. The first-order valence-electron chi connectivity index (χ1n) is 9.61. The predicted octanol–water partition coefficient (Wildman–Crippen LogP) is 1.97. The summed E-state index contributed by atoms with van der Waals surface area (Å²) in [5.74, 6) is 0.00127. The van der Waals surface area contributed by atoms with E-state index in [1.807, 2.05) is 6.07 Å². The minimum atomic E-state index is -0.140. The molecule has 0 atom stereocenters. The molecule has 2 aliphatic heterocycles. The van der Waals surface area contributed by atoms with Crippen molar-refractivity contribution in [3.05, 3.63) is 24.3 Å². The van der Waals surface area contributed by atoms with Crippen molar-refractivity contribution < 1.29 is 14.4 Å². The summed E-state index contributed by atoms with van der Waals surface area (Å²) < 4.78 is 0. The van der Waals surface area contributed by atoms with E-state index in [2.05, 4.69) is 20.9 Å². The molecule has 0 unspecified atom stereocenters. The van der Waals surface area contributed by atoms with Crippen LogP contribution in [0.1, 0.15) is 39.0 Å². The Morgan fingerprint density at radius 1 is 1.15 bits per heavy atom. The lowest BCUT2D eigenvalue weighted by molar-refractivity contribution is -0.125. The van der Waals surface area contributed by atoms with Gasteiger partial charge in [-0.05, 0) is 56.0 Å². The number of amides is 3. The highest BCUT2D eigenvalue weighted by molar-refractivity contribution is 5.93. The van der Waals surface area contributed by atoms with Crippen LogP contribution < -0.4 is 16.0 Å². The highest BCUT2D eigenvalue weighted by atomic mass is 16.2. The quantitative estimate of drug-likeness (QED) is 0.737. The largest absolute Gasteiger partial charge is 0.356 e. The lowest BCUT2D eigenvalue weighted by Gasteiger charge is -2.44. The second kappa shape index (κ2) is 8.52. The van der Waals surface area contributed by atoms with E-state index in [1.54, 1.807) is 18.2 Å². The molecule has 3 amide bonds. The molecule has 1 spiro atoms. The van der Waals surface area contributed by atoms with Crippen LogP contribution in [0.5, 0.6) is 0 Å². The van der Waals surface area contributed by atoms with Crippen molar-refractivity contribution in [1.29, 1.82) is 0 Å². The summed E-state index contributed by atoms with van der Waals surface area (Å²) in [5, 5.41) is 8.60. The lowest BCUT2D eigenvalue weighted by Crippen LogP contribution is -2.49. The van der Waals surface area contributed by atoms with Gasteiger partial charge in [-0.15, -0.1) is 0 Å². The highest BCUT2D eigenvalue weighted by Crippen LogP contribution is 2.37. The van der Waals surface area contributed by atoms with Crippen LogP contribution in [-0.2, 0) is 14.4 Å². The average Bonchev–Trinajstić information content (AvgIpc) is 2.64. The predicted molar refractivity (Wildman–Crippen MR) is 104 cm³/mol. The van der Waals surface area contributed by atoms with Gasteiger partial charge in [-0.1, -0.05) is 6.07 Å². The Balaban J connectivity index is 1.41. The van der Waals surface area contributed by atoms with Gasteiger partial charge in [0.05, 0.1) is 0 Å². The molecule has 2 aliphatic rings. The number of nitrogens with zero attached hydrogens (tertiary/aromatic N) is 1. The van der Waals surface area contributed by atoms with Crippen LogP contribution >= 0.6 is 0 Å². The van der Waals surface area contributed by atoms with E-state index < -0.39 is 0 Å². The highest BCUT2D eigenvalue weighted by Gasteiger charge is 2.37. The number of hydrogen-bond donors (Lipinski definition) is 3. The number of piperidine rings is 2. The zero-order valence-corrected chi connectivity index (χ0v) is 15.8. The summed E-state index contributed by atoms with van der Waals surface area (Å²) in [4.78, 5) is 37.1. The topological polar surface area (TPSA) is 90.5 Å². The van der Waals surface area contributed by atoms with E-state index in [0.29, 0.717) is 24.2 Å². The van der Waals surface area contributed by atoms with E-state index in [1.165, 1.54) is 6.92 Å². The van der Waals surface area contributed by atoms with Crippen LogP contribution in [-0.4, -0.2) is 48.8 Å². The standard InChI is InChI=1S/C20H28N4O3/c1-15(25)22-16-3-2-4-17(13-16)23-19(27)6-10-24-11-8-20(9-12-24)7-5-18(26)21-14-20/h2-4,13H,5-12,14H2,1H3,(H,21,26)(H,22,25)(H,23,27). The second-order valence-electron chi connectivity index (χ2n) is 7.68. The molecule has 7 heteroatoms. The zero-order valence-electron chi connectivity index (χ0n) is 15.8. The Morgan fingerprint density at radius 3 is 2.48 bits per heavy atom. The van der Waals surface area contributed by atoms with Crippen LogP contribution in [0.25, 0.3) is 0 Å². The van der Waals surface area contributed by atoms with E-state index in [-0.39, 0.29) is 23.1 Å². The third kappa shape index (κ3) is 5.53. The fraction of sp³-hybridized carbons (Fsp3) is 0.550. The maximum absolute atomic E-state index is 12.2. The number of hydrogen-bond acceptors (Lipinski definition) is 4. The average molecular weight is 372 g/mol. The maximum atomic E-state index is 12.2. The number of anilines is 2. The molecule has 27 heavy (non-hydrogen) atoms. The van der Waals surface area contributed by atoms with Crippen molar-refractivity contribution in [2.45, 2.75) is 39.0 Å². The number of benzene rings is 1. The van der Waals surface area contributed by atoms with Gasteiger partial charge in [0, 0.05) is 44.2 Å². The van der Waals surface area contributed by atoms with Gasteiger partial charge in [-0.25, -0.2) is 0 Å². The molecule has 0 saturated carbocycles. The Hall–Kier alpha value is -2.41. The van der Waals surface area contributed by atoms with Crippen molar-refractivity contribution in [3.63, 3.8) is 0 Å². The molecule has 0 aliphatic carbocycles. The molecule has 2 saturated heterocycles. The Morgan fingerprint density at radius 2 is 1.85 bits per heavy atom. The van der Waals surface area contributed by atoms with Gasteiger partial charge < -0.3 is 20.9 Å². The van der Waals surface area contributed by atoms with E-state index >= 15 is 0 Å². The molecule has 7 nitrogen and oxygen atoms in total. The van der Waals surface area contributed by atoms with Gasteiger partial charge in [0.2, 0.25) is 17.7 Å².